The van der Waals surface area contributed by atoms with Crippen molar-refractivity contribution in [1.82, 2.24) is 14.8 Å². The molecular formula is C24H27ClN4O4S2. The maximum absolute atomic E-state index is 12.7. The summed E-state index contributed by atoms with van der Waals surface area (Å²) in [6.45, 7) is 6.75. The molecular weight excluding hydrogens is 508 g/mol. The summed E-state index contributed by atoms with van der Waals surface area (Å²) in [4.78, 5) is 26.2. The standard InChI is InChI=1S/C24H27ClN4O4S2/c1-5-29-18(11-33-15-9-13(2)21(25)14(3)10-15)27-28-24(29)34-12-19(30)26-22-20(23(31)32-4)16-7-6-8-17(16)35-22/h9-10H,5-8,11-12H2,1-4H3,(H,26,30). The molecule has 4 rings (SSSR count). The number of hydrogen-bond acceptors (Lipinski definition) is 8. The number of rotatable bonds is 9. The van der Waals surface area contributed by atoms with Gasteiger partial charge in [0.1, 0.15) is 17.4 Å². The molecule has 0 atom stereocenters. The second-order valence-electron chi connectivity index (χ2n) is 8.19. The van der Waals surface area contributed by atoms with E-state index >= 15 is 0 Å². The molecule has 0 bridgehead atoms. The lowest BCUT2D eigenvalue weighted by atomic mass is 10.1. The van der Waals surface area contributed by atoms with Crippen molar-refractivity contribution in [3.63, 3.8) is 0 Å². The number of amides is 1. The summed E-state index contributed by atoms with van der Waals surface area (Å²) in [7, 11) is 1.36. The minimum Gasteiger partial charge on any atom is -0.486 e. The van der Waals surface area contributed by atoms with Crippen molar-refractivity contribution in [3.8, 4) is 5.75 Å². The Hall–Kier alpha value is -2.56. The van der Waals surface area contributed by atoms with Gasteiger partial charge < -0.3 is 19.4 Å². The Bertz CT molecular complexity index is 1250. The SMILES string of the molecule is CCn1c(COc2cc(C)c(Cl)c(C)c2)nnc1SCC(=O)Nc1sc2c(c1C(=O)OC)CCC2. The number of ether oxygens (including phenoxy) is 2. The van der Waals surface area contributed by atoms with Crippen LogP contribution in [-0.2, 0) is 35.5 Å². The number of carbonyl (C=O) groups excluding carboxylic acids is 2. The molecule has 1 N–H and O–H groups in total. The molecule has 1 amide bonds. The molecule has 0 saturated carbocycles. The van der Waals surface area contributed by atoms with E-state index in [1.165, 1.54) is 30.2 Å². The first-order valence-electron chi connectivity index (χ1n) is 11.3. The third-order valence-electron chi connectivity index (χ3n) is 5.78. The molecule has 1 aliphatic carbocycles. The van der Waals surface area contributed by atoms with Crippen LogP contribution in [0.5, 0.6) is 5.75 Å². The van der Waals surface area contributed by atoms with Crippen molar-refractivity contribution in [2.24, 2.45) is 0 Å². The van der Waals surface area contributed by atoms with Crippen LogP contribution in [0.2, 0.25) is 5.02 Å². The molecule has 2 aromatic heterocycles. The number of thioether (sulfide) groups is 1. The van der Waals surface area contributed by atoms with Gasteiger partial charge in [0.25, 0.3) is 0 Å². The molecule has 0 unspecified atom stereocenters. The van der Waals surface area contributed by atoms with E-state index in [1.807, 2.05) is 37.5 Å². The lowest BCUT2D eigenvalue weighted by molar-refractivity contribution is -0.113. The summed E-state index contributed by atoms with van der Waals surface area (Å²) in [5.41, 5.74) is 3.40. The van der Waals surface area contributed by atoms with Crippen molar-refractivity contribution in [2.45, 2.75) is 58.3 Å². The van der Waals surface area contributed by atoms with Crippen molar-refractivity contribution in [2.75, 3.05) is 18.2 Å². The molecule has 0 radical (unpaired) electrons. The Morgan fingerprint density at radius 3 is 2.66 bits per heavy atom. The number of aryl methyl sites for hydroxylation is 3. The molecule has 0 fully saturated rings. The van der Waals surface area contributed by atoms with Crippen LogP contribution in [0.1, 0.15) is 51.1 Å². The highest BCUT2D eigenvalue weighted by Gasteiger charge is 2.28. The number of methoxy groups -OCH3 is 1. The van der Waals surface area contributed by atoms with E-state index in [-0.39, 0.29) is 18.3 Å². The highest BCUT2D eigenvalue weighted by atomic mass is 35.5. The fraction of sp³-hybridized carbons (Fsp3) is 0.417. The number of benzene rings is 1. The van der Waals surface area contributed by atoms with E-state index in [2.05, 4.69) is 15.5 Å². The van der Waals surface area contributed by atoms with Gasteiger partial charge >= 0.3 is 5.97 Å². The van der Waals surface area contributed by atoms with Gasteiger partial charge in [-0.2, -0.15) is 0 Å². The number of halogens is 1. The van der Waals surface area contributed by atoms with Crippen LogP contribution in [0.3, 0.4) is 0 Å². The van der Waals surface area contributed by atoms with Crippen LogP contribution in [0.4, 0.5) is 5.00 Å². The number of anilines is 1. The molecule has 1 aliphatic rings. The molecule has 0 aliphatic heterocycles. The third kappa shape index (κ3) is 5.49. The predicted molar refractivity (Wildman–Crippen MR) is 138 cm³/mol. The average molecular weight is 535 g/mol. The van der Waals surface area contributed by atoms with Crippen molar-refractivity contribution < 1.29 is 19.1 Å². The second-order valence-corrected chi connectivity index (χ2v) is 10.6. The van der Waals surface area contributed by atoms with Crippen LogP contribution in [0.15, 0.2) is 17.3 Å². The molecule has 3 aromatic rings. The van der Waals surface area contributed by atoms with Crippen LogP contribution >= 0.6 is 34.7 Å². The van der Waals surface area contributed by atoms with Crippen LogP contribution in [0.25, 0.3) is 0 Å². The Morgan fingerprint density at radius 1 is 1.23 bits per heavy atom. The van der Waals surface area contributed by atoms with Crippen molar-refractivity contribution in [3.05, 3.63) is 50.1 Å². The van der Waals surface area contributed by atoms with E-state index in [4.69, 9.17) is 21.1 Å². The summed E-state index contributed by atoms with van der Waals surface area (Å²) >= 11 is 8.99. The Balaban J connectivity index is 1.39. The summed E-state index contributed by atoms with van der Waals surface area (Å²) in [6.07, 6.45) is 2.78. The van der Waals surface area contributed by atoms with Gasteiger partial charge in [-0.15, -0.1) is 21.5 Å². The summed E-state index contributed by atoms with van der Waals surface area (Å²) in [5, 5.41) is 13.3. The molecule has 8 nitrogen and oxygen atoms in total. The molecule has 1 aromatic carbocycles. The number of nitrogens with zero attached hydrogens (tertiary/aromatic N) is 3. The minimum atomic E-state index is -0.409. The number of hydrogen-bond donors (Lipinski definition) is 1. The number of nitrogens with one attached hydrogen (secondary N) is 1. The van der Waals surface area contributed by atoms with E-state index in [1.54, 1.807) is 0 Å². The number of carbonyl (C=O) groups is 2. The Labute approximate surface area is 217 Å². The zero-order chi connectivity index (χ0) is 25.1. The molecule has 35 heavy (non-hydrogen) atoms. The first-order chi connectivity index (χ1) is 16.8. The van der Waals surface area contributed by atoms with Crippen LogP contribution in [-0.4, -0.2) is 39.5 Å². The van der Waals surface area contributed by atoms with Crippen LogP contribution < -0.4 is 10.1 Å². The van der Waals surface area contributed by atoms with E-state index in [0.29, 0.717) is 33.8 Å². The maximum Gasteiger partial charge on any atom is 0.341 e. The lowest BCUT2D eigenvalue weighted by Gasteiger charge is -2.11. The van der Waals surface area contributed by atoms with Crippen LogP contribution in [0, 0.1) is 13.8 Å². The first-order valence-corrected chi connectivity index (χ1v) is 13.5. The third-order valence-corrected chi connectivity index (χ3v) is 8.55. The van der Waals surface area contributed by atoms with Gasteiger partial charge in [0.05, 0.1) is 18.4 Å². The monoisotopic (exact) mass is 534 g/mol. The number of esters is 1. The van der Waals surface area contributed by atoms with E-state index in [9.17, 15) is 9.59 Å². The van der Waals surface area contributed by atoms with Gasteiger partial charge in [-0.1, -0.05) is 23.4 Å². The van der Waals surface area contributed by atoms with Gasteiger partial charge in [-0.05, 0) is 68.9 Å². The number of fused-ring (bicyclic) bond motifs is 1. The Kier molecular flexibility index (Phi) is 8.03. The van der Waals surface area contributed by atoms with E-state index < -0.39 is 5.97 Å². The molecule has 186 valence electrons. The normalized spacial score (nSPS) is 12.5. The second kappa shape index (κ2) is 11.0. The zero-order valence-electron chi connectivity index (χ0n) is 20.1. The van der Waals surface area contributed by atoms with Gasteiger partial charge in [0.2, 0.25) is 5.91 Å². The van der Waals surface area contributed by atoms with Gasteiger partial charge in [-0.3, -0.25) is 4.79 Å². The highest BCUT2D eigenvalue weighted by Crippen LogP contribution is 2.39. The van der Waals surface area contributed by atoms with Crippen molar-refractivity contribution in [1.29, 1.82) is 0 Å². The smallest absolute Gasteiger partial charge is 0.341 e. The summed E-state index contributed by atoms with van der Waals surface area (Å²) in [5.74, 6) is 0.901. The quantitative estimate of drug-likeness (QED) is 0.297. The summed E-state index contributed by atoms with van der Waals surface area (Å²) in [6, 6.07) is 3.79. The molecule has 0 saturated heterocycles. The number of aromatic nitrogens is 3. The highest BCUT2D eigenvalue weighted by molar-refractivity contribution is 7.99. The topological polar surface area (TPSA) is 95.3 Å². The number of thiophene rings is 1. The molecule has 11 heteroatoms. The van der Waals surface area contributed by atoms with E-state index in [0.717, 1.165) is 45.9 Å². The average Bonchev–Trinajstić information content (AvgIpc) is 3.53. The lowest BCUT2D eigenvalue weighted by Crippen LogP contribution is -2.17. The van der Waals surface area contributed by atoms with Gasteiger partial charge in [-0.25, -0.2) is 4.79 Å². The first kappa shape index (κ1) is 25.5. The maximum atomic E-state index is 12.7. The summed E-state index contributed by atoms with van der Waals surface area (Å²) < 4.78 is 12.8. The van der Waals surface area contributed by atoms with Crippen molar-refractivity contribution >= 4 is 51.6 Å². The predicted octanol–water partition coefficient (Wildman–Crippen LogP) is 5.21. The molecule has 0 spiro atoms. The van der Waals surface area contributed by atoms with Gasteiger partial charge in [0.15, 0.2) is 11.0 Å². The minimum absolute atomic E-state index is 0.137. The Morgan fingerprint density at radius 2 is 1.97 bits per heavy atom. The molecule has 2 heterocycles. The zero-order valence-corrected chi connectivity index (χ0v) is 22.5. The fourth-order valence-corrected chi connectivity index (χ4v) is 6.31. The fourth-order valence-electron chi connectivity index (χ4n) is 4.09. The van der Waals surface area contributed by atoms with Gasteiger partial charge in [0, 0.05) is 16.4 Å². The largest absolute Gasteiger partial charge is 0.486 e.